The molecular weight excluding hydrogens is 288 g/mol. The van der Waals surface area contributed by atoms with Crippen LogP contribution in [-0.4, -0.2) is 21.7 Å². The van der Waals surface area contributed by atoms with Crippen LogP contribution in [0.4, 0.5) is 0 Å². The molecule has 0 fully saturated rings. The maximum Gasteiger partial charge on any atom is 0.242 e. The highest BCUT2D eigenvalue weighted by Gasteiger charge is 2.22. The highest BCUT2D eigenvalue weighted by atomic mass is 79.9. The van der Waals surface area contributed by atoms with E-state index in [9.17, 15) is 4.79 Å². The monoisotopic (exact) mass is 302 g/mol. The molecule has 0 aliphatic rings. The Morgan fingerprint density at radius 1 is 1.31 bits per heavy atom. The number of halogens is 1. The predicted octanol–water partition coefficient (Wildman–Crippen LogP) is 3.48. The van der Waals surface area contributed by atoms with Crippen LogP contribution in [0.5, 0.6) is 11.5 Å². The van der Waals surface area contributed by atoms with Gasteiger partial charge in [0.1, 0.15) is 0 Å². The van der Waals surface area contributed by atoms with Crippen molar-refractivity contribution in [1.29, 1.82) is 0 Å². The zero-order valence-corrected chi connectivity index (χ0v) is 12.4. The van der Waals surface area contributed by atoms with Gasteiger partial charge in [0.2, 0.25) is 8.32 Å². The summed E-state index contributed by atoms with van der Waals surface area (Å²) in [4.78, 5) is 11.1. The van der Waals surface area contributed by atoms with E-state index in [0.717, 1.165) is 10.8 Å². The first-order valence-electron chi connectivity index (χ1n) is 4.89. The van der Waals surface area contributed by atoms with Crippen molar-refractivity contribution >= 4 is 30.5 Å². The van der Waals surface area contributed by atoms with Crippen LogP contribution in [0.2, 0.25) is 19.6 Å². The SMILES string of the molecule is COc1ccc(Br)c(C=O)c1O[Si](C)(C)C. The quantitative estimate of drug-likeness (QED) is 0.631. The molecule has 0 unspecified atom stereocenters. The third-order valence-corrected chi connectivity index (χ3v) is 3.36. The van der Waals surface area contributed by atoms with Crippen molar-refractivity contribution in [2.45, 2.75) is 19.6 Å². The number of hydrogen-bond acceptors (Lipinski definition) is 3. The average molecular weight is 303 g/mol. The highest BCUT2D eigenvalue weighted by molar-refractivity contribution is 9.10. The van der Waals surface area contributed by atoms with Crippen molar-refractivity contribution in [1.82, 2.24) is 0 Å². The van der Waals surface area contributed by atoms with Gasteiger partial charge in [-0.25, -0.2) is 0 Å². The highest BCUT2D eigenvalue weighted by Crippen LogP contribution is 2.36. The van der Waals surface area contributed by atoms with Crippen LogP contribution in [-0.2, 0) is 0 Å². The third kappa shape index (κ3) is 3.09. The molecule has 0 spiro atoms. The Balaban J connectivity index is 3.31. The summed E-state index contributed by atoms with van der Waals surface area (Å²) < 4.78 is 11.8. The summed E-state index contributed by atoms with van der Waals surface area (Å²) >= 11 is 3.33. The lowest BCUT2D eigenvalue weighted by Gasteiger charge is -2.22. The van der Waals surface area contributed by atoms with Crippen LogP contribution in [0, 0.1) is 0 Å². The second-order valence-electron chi connectivity index (χ2n) is 4.32. The summed E-state index contributed by atoms with van der Waals surface area (Å²) in [5, 5.41) is 0. The largest absolute Gasteiger partial charge is 0.541 e. The first-order valence-corrected chi connectivity index (χ1v) is 9.10. The van der Waals surface area contributed by atoms with Crippen LogP contribution in [0.3, 0.4) is 0 Å². The summed E-state index contributed by atoms with van der Waals surface area (Å²) in [6.07, 6.45) is 0.780. The zero-order chi connectivity index (χ0) is 12.3. The summed E-state index contributed by atoms with van der Waals surface area (Å²) in [5.74, 6) is 1.12. The Bertz CT molecular complexity index is 399. The van der Waals surface area contributed by atoms with Crippen molar-refractivity contribution in [3.8, 4) is 11.5 Å². The molecule has 0 atom stereocenters. The van der Waals surface area contributed by atoms with Crippen LogP contribution < -0.4 is 9.16 Å². The molecule has 5 heteroatoms. The van der Waals surface area contributed by atoms with Gasteiger partial charge >= 0.3 is 0 Å². The average Bonchev–Trinajstić information content (AvgIpc) is 2.16. The maximum absolute atomic E-state index is 11.1. The molecule has 0 N–H and O–H groups in total. The molecule has 16 heavy (non-hydrogen) atoms. The number of benzene rings is 1. The Morgan fingerprint density at radius 2 is 1.94 bits per heavy atom. The fourth-order valence-electron chi connectivity index (χ4n) is 1.24. The molecule has 1 rings (SSSR count). The summed E-state index contributed by atoms with van der Waals surface area (Å²) in [5.41, 5.74) is 0.502. The molecule has 1 aromatic rings. The van der Waals surface area contributed by atoms with Crippen LogP contribution >= 0.6 is 15.9 Å². The number of rotatable bonds is 4. The predicted molar refractivity (Wildman–Crippen MR) is 70.1 cm³/mol. The molecule has 0 aliphatic heterocycles. The summed E-state index contributed by atoms with van der Waals surface area (Å²) in [6, 6.07) is 3.56. The van der Waals surface area contributed by atoms with E-state index in [-0.39, 0.29) is 0 Å². The first-order chi connectivity index (χ1) is 7.39. The number of aldehydes is 1. The minimum Gasteiger partial charge on any atom is -0.541 e. The summed E-state index contributed by atoms with van der Waals surface area (Å²) in [6.45, 7) is 6.17. The van der Waals surface area contributed by atoms with E-state index in [1.807, 2.05) is 0 Å². The first kappa shape index (κ1) is 13.3. The molecule has 0 saturated carbocycles. The normalized spacial score (nSPS) is 11.1. The molecule has 1 aromatic carbocycles. The Hall–Kier alpha value is -0.813. The number of carbonyl (C=O) groups is 1. The van der Waals surface area contributed by atoms with E-state index in [2.05, 4.69) is 35.6 Å². The van der Waals surface area contributed by atoms with E-state index in [4.69, 9.17) is 9.16 Å². The Morgan fingerprint density at radius 3 is 2.38 bits per heavy atom. The second kappa shape index (κ2) is 5.01. The van der Waals surface area contributed by atoms with Crippen molar-refractivity contribution in [2.24, 2.45) is 0 Å². The fraction of sp³-hybridized carbons (Fsp3) is 0.364. The van der Waals surface area contributed by atoms with Gasteiger partial charge in [0, 0.05) is 4.47 Å². The Kier molecular flexibility index (Phi) is 4.15. The standard InChI is InChI=1S/C11H15BrO3Si/c1-14-10-6-5-9(12)8(7-13)11(10)15-16(2,3)4/h5-7H,1-4H3. The Labute approximate surface area is 105 Å². The van der Waals surface area contributed by atoms with Gasteiger partial charge in [0.05, 0.1) is 12.7 Å². The molecule has 3 nitrogen and oxygen atoms in total. The van der Waals surface area contributed by atoms with Crippen molar-refractivity contribution < 1.29 is 14.0 Å². The van der Waals surface area contributed by atoms with E-state index in [1.54, 1.807) is 19.2 Å². The molecule has 0 radical (unpaired) electrons. The van der Waals surface area contributed by atoms with Gasteiger partial charge < -0.3 is 9.16 Å². The molecule has 0 bridgehead atoms. The number of methoxy groups -OCH3 is 1. The van der Waals surface area contributed by atoms with Crippen LogP contribution in [0.15, 0.2) is 16.6 Å². The molecule has 0 aliphatic carbocycles. The van der Waals surface area contributed by atoms with Crippen molar-refractivity contribution in [3.63, 3.8) is 0 Å². The van der Waals surface area contributed by atoms with Gasteiger partial charge in [-0.2, -0.15) is 0 Å². The van der Waals surface area contributed by atoms with E-state index in [0.29, 0.717) is 17.1 Å². The van der Waals surface area contributed by atoms with E-state index >= 15 is 0 Å². The number of carbonyl (C=O) groups excluding carboxylic acids is 1. The molecule has 0 heterocycles. The number of ether oxygens (including phenoxy) is 1. The van der Waals surface area contributed by atoms with Gasteiger partial charge in [0.25, 0.3) is 0 Å². The molecule has 88 valence electrons. The van der Waals surface area contributed by atoms with E-state index < -0.39 is 8.32 Å². The summed E-state index contributed by atoms with van der Waals surface area (Å²) in [7, 11) is -0.212. The maximum atomic E-state index is 11.1. The van der Waals surface area contributed by atoms with Crippen molar-refractivity contribution in [3.05, 3.63) is 22.2 Å². The zero-order valence-electron chi connectivity index (χ0n) is 9.83. The second-order valence-corrected chi connectivity index (χ2v) is 9.61. The minimum absolute atomic E-state index is 0.502. The van der Waals surface area contributed by atoms with Crippen LogP contribution in [0.25, 0.3) is 0 Å². The van der Waals surface area contributed by atoms with Gasteiger partial charge in [-0.15, -0.1) is 0 Å². The van der Waals surface area contributed by atoms with Gasteiger partial charge in [0.15, 0.2) is 17.8 Å². The number of hydrogen-bond donors (Lipinski definition) is 0. The molecule has 0 saturated heterocycles. The molecular formula is C11H15BrO3Si. The van der Waals surface area contributed by atoms with Gasteiger partial charge in [-0.1, -0.05) is 0 Å². The smallest absolute Gasteiger partial charge is 0.242 e. The van der Waals surface area contributed by atoms with Gasteiger partial charge in [-0.3, -0.25) is 4.79 Å². The van der Waals surface area contributed by atoms with Crippen LogP contribution in [0.1, 0.15) is 10.4 Å². The van der Waals surface area contributed by atoms with Crippen molar-refractivity contribution in [2.75, 3.05) is 7.11 Å². The van der Waals surface area contributed by atoms with E-state index in [1.165, 1.54) is 0 Å². The lowest BCUT2D eigenvalue weighted by atomic mass is 10.2. The molecule has 0 amide bonds. The lowest BCUT2D eigenvalue weighted by molar-refractivity contribution is 0.112. The van der Waals surface area contributed by atoms with Gasteiger partial charge in [-0.05, 0) is 47.7 Å². The third-order valence-electron chi connectivity index (χ3n) is 1.85. The lowest BCUT2D eigenvalue weighted by Crippen LogP contribution is -2.30. The minimum atomic E-state index is -1.78. The fourth-order valence-corrected chi connectivity index (χ4v) is 2.47. The topological polar surface area (TPSA) is 35.5 Å². The molecule has 0 aromatic heterocycles.